The van der Waals surface area contributed by atoms with Crippen LogP contribution in [0, 0.1) is 15.5 Å². The lowest BCUT2D eigenvalue weighted by Crippen LogP contribution is -2.46. The fourth-order valence-corrected chi connectivity index (χ4v) is 4.05. The molecule has 3 heterocycles. The molecule has 1 fully saturated rings. The maximum Gasteiger partial charge on any atom is 0.433 e. The minimum Gasteiger partial charge on any atom is -0.478 e. The summed E-state index contributed by atoms with van der Waals surface area (Å²) in [6.45, 7) is 5.55. The smallest absolute Gasteiger partial charge is 0.433 e. The monoisotopic (exact) mass is 464 g/mol. The lowest BCUT2D eigenvalue weighted by Gasteiger charge is -2.35. The van der Waals surface area contributed by atoms with Gasteiger partial charge in [-0.1, -0.05) is 11.3 Å². The number of nitrogens with zero attached hydrogens (tertiary/aromatic N) is 5. The zero-order valence-corrected chi connectivity index (χ0v) is 18.3. The number of nitro groups is 1. The van der Waals surface area contributed by atoms with Crippen LogP contribution in [0.15, 0.2) is 40.8 Å². The van der Waals surface area contributed by atoms with Gasteiger partial charge in [-0.25, -0.2) is 0 Å². The molecular weight excluding hydrogens is 444 g/mol. The highest BCUT2D eigenvalue weighted by Crippen LogP contribution is 2.32. The van der Waals surface area contributed by atoms with E-state index in [2.05, 4.69) is 20.0 Å². The number of piperazine rings is 1. The maximum atomic E-state index is 10.8. The Kier molecular flexibility index (Phi) is 7.08. The van der Waals surface area contributed by atoms with Crippen molar-refractivity contribution in [2.45, 2.75) is 6.92 Å². The number of furan rings is 1. The second kappa shape index (κ2) is 9.75. The molecule has 10 nitrogen and oxygen atoms in total. The number of rotatable bonds is 6. The van der Waals surface area contributed by atoms with Gasteiger partial charge in [0.05, 0.1) is 12.7 Å². The van der Waals surface area contributed by atoms with E-state index in [1.165, 1.54) is 23.5 Å². The molecule has 0 aliphatic carbocycles. The Bertz CT molecular complexity index is 1050. The summed E-state index contributed by atoms with van der Waals surface area (Å²) < 4.78 is 10.4. The molecule has 3 aromatic rings. The third-order valence-corrected chi connectivity index (χ3v) is 5.73. The van der Waals surface area contributed by atoms with Gasteiger partial charge in [0, 0.05) is 37.4 Å². The Hall–Kier alpha value is -3.18. The van der Waals surface area contributed by atoms with E-state index in [1.54, 1.807) is 0 Å². The van der Waals surface area contributed by atoms with Gasteiger partial charge >= 0.3 is 5.88 Å². The van der Waals surface area contributed by atoms with Gasteiger partial charge in [0.1, 0.15) is 4.92 Å². The number of halogens is 1. The lowest BCUT2D eigenvalue weighted by atomic mass is 10.2. The van der Waals surface area contributed by atoms with Crippen molar-refractivity contribution in [1.29, 1.82) is 5.41 Å². The standard InChI is InChI=1S/C19H20N6O4S.ClH/c1-2-28-17(20)13-3-5-14(6-4-13)23-9-11-24(12-10-23)19-22-21-18(30-19)15-7-8-16(29-15)25(26)27;/h3-8,20H,2,9-12H2,1H3;1H. The van der Waals surface area contributed by atoms with Gasteiger partial charge in [0.15, 0.2) is 10.8 Å². The molecule has 164 valence electrons. The van der Waals surface area contributed by atoms with Crippen LogP contribution in [-0.2, 0) is 4.74 Å². The van der Waals surface area contributed by atoms with E-state index in [9.17, 15) is 10.1 Å². The van der Waals surface area contributed by atoms with Crippen LogP contribution in [0.2, 0.25) is 0 Å². The van der Waals surface area contributed by atoms with Crippen molar-refractivity contribution in [3.63, 3.8) is 0 Å². The first-order valence-corrected chi connectivity index (χ1v) is 10.3. The fourth-order valence-electron chi connectivity index (χ4n) is 3.19. The summed E-state index contributed by atoms with van der Waals surface area (Å²) in [4.78, 5) is 14.6. The number of hydrogen-bond donors (Lipinski definition) is 1. The van der Waals surface area contributed by atoms with Gasteiger partial charge in [-0.15, -0.1) is 22.6 Å². The first-order valence-electron chi connectivity index (χ1n) is 9.45. The van der Waals surface area contributed by atoms with Crippen molar-refractivity contribution in [1.82, 2.24) is 10.2 Å². The van der Waals surface area contributed by atoms with E-state index in [1.807, 2.05) is 31.2 Å². The number of nitrogens with one attached hydrogen (secondary N) is 1. The lowest BCUT2D eigenvalue weighted by molar-refractivity contribution is -0.401. The van der Waals surface area contributed by atoms with Crippen molar-refractivity contribution >= 4 is 46.3 Å². The molecule has 0 amide bonds. The number of ether oxygens (including phenoxy) is 1. The molecule has 0 radical (unpaired) electrons. The van der Waals surface area contributed by atoms with E-state index in [0.29, 0.717) is 17.4 Å². The average molecular weight is 465 g/mol. The summed E-state index contributed by atoms with van der Waals surface area (Å²) in [5.41, 5.74) is 1.86. The van der Waals surface area contributed by atoms with E-state index < -0.39 is 4.92 Å². The number of benzene rings is 1. The molecule has 0 unspecified atom stereocenters. The summed E-state index contributed by atoms with van der Waals surface area (Å²) in [7, 11) is 0. The fraction of sp³-hybridized carbons (Fsp3) is 0.316. The Balaban J connectivity index is 0.00000272. The van der Waals surface area contributed by atoms with Crippen molar-refractivity contribution < 1.29 is 14.1 Å². The molecule has 1 aliphatic heterocycles. The largest absolute Gasteiger partial charge is 0.478 e. The van der Waals surface area contributed by atoms with Crippen LogP contribution in [-0.4, -0.2) is 53.8 Å². The Morgan fingerprint density at radius 1 is 1.16 bits per heavy atom. The molecule has 31 heavy (non-hydrogen) atoms. The number of anilines is 2. The third-order valence-electron chi connectivity index (χ3n) is 4.73. The van der Waals surface area contributed by atoms with Gasteiger partial charge in [-0.3, -0.25) is 15.5 Å². The Morgan fingerprint density at radius 3 is 2.45 bits per heavy atom. The van der Waals surface area contributed by atoms with Crippen LogP contribution in [0.25, 0.3) is 10.8 Å². The average Bonchev–Trinajstić information content (AvgIpc) is 3.44. The molecule has 0 atom stereocenters. The Morgan fingerprint density at radius 2 is 1.84 bits per heavy atom. The number of hydrogen-bond acceptors (Lipinski definition) is 10. The summed E-state index contributed by atoms with van der Waals surface area (Å²) in [5, 5.41) is 28.3. The molecular formula is C19H21ClN6O4S. The molecule has 2 aromatic heterocycles. The second-order valence-electron chi connectivity index (χ2n) is 6.57. The van der Waals surface area contributed by atoms with Crippen LogP contribution >= 0.6 is 23.7 Å². The highest BCUT2D eigenvalue weighted by Gasteiger charge is 2.22. The molecule has 1 saturated heterocycles. The third kappa shape index (κ3) is 4.94. The topological polar surface area (TPSA) is 122 Å². The molecule has 1 N–H and O–H groups in total. The molecule has 1 aliphatic rings. The first-order chi connectivity index (χ1) is 14.5. The predicted molar refractivity (Wildman–Crippen MR) is 121 cm³/mol. The van der Waals surface area contributed by atoms with Crippen molar-refractivity contribution in [3.8, 4) is 10.8 Å². The van der Waals surface area contributed by atoms with Crippen LogP contribution < -0.4 is 9.80 Å². The van der Waals surface area contributed by atoms with E-state index >= 15 is 0 Å². The van der Waals surface area contributed by atoms with Crippen LogP contribution in [0.3, 0.4) is 0 Å². The van der Waals surface area contributed by atoms with E-state index in [0.717, 1.165) is 42.6 Å². The minimum atomic E-state index is -0.573. The van der Waals surface area contributed by atoms with Gasteiger partial charge in [-0.2, -0.15) is 0 Å². The van der Waals surface area contributed by atoms with Crippen LogP contribution in [0.1, 0.15) is 12.5 Å². The van der Waals surface area contributed by atoms with Gasteiger partial charge < -0.3 is 19.0 Å². The van der Waals surface area contributed by atoms with Crippen molar-refractivity contribution in [3.05, 3.63) is 52.1 Å². The minimum absolute atomic E-state index is 0. The predicted octanol–water partition coefficient (Wildman–Crippen LogP) is 3.82. The SMILES string of the molecule is CCOC(=N)c1ccc(N2CCN(c3nnc(-c4ccc([N+](=O)[O-])o4)s3)CC2)cc1.Cl. The Labute approximate surface area is 188 Å². The van der Waals surface area contributed by atoms with Crippen molar-refractivity contribution in [2.75, 3.05) is 42.6 Å². The molecule has 12 heteroatoms. The molecule has 0 bridgehead atoms. The van der Waals surface area contributed by atoms with E-state index in [4.69, 9.17) is 14.6 Å². The summed E-state index contributed by atoms with van der Waals surface area (Å²) in [5.74, 6) is 0.224. The maximum absolute atomic E-state index is 10.8. The summed E-state index contributed by atoms with van der Waals surface area (Å²) >= 11 is 1.36. The summed E-state index contributed by atoms with van der Waals surface area (Å²) in [6, 6.07) is 10.7. The molecule has 1 aromatic carbocycles. The quantitative estimate of drug-likeness (QED) is 0.253. The van der Waals surface area contributed by atoms with Gasteiger partial charge in [-0.05, 0) is 37.3 Å². The second-order valence-corrected chi connectivity index (χ2v) is 7.52. The van der Waals surface area contributed by atoms with Gasteiger partial charge in [0.25, 0.3) is 0 Å². The normalized spacial score (nSPS) is 13.6. The molecule has 0 spiro atoms. The van der Waals surface area contributed by atoms with Gasteiger partial charge in [0.2, 0.25) is 11.0 Å². The highest BCUT2D eigenvalue weighted by atomic mass is 35.5. The van der Waals surface area contributed by atoms with E-state index in [-0.39, 0.29) is 24.2 Å². The zero-order valence-electron chi connectivity index (χ0n) is 16.7. The molecule has 4 rings (SSSR count). The first kappa shape index (κ1) is 22.5. The highest BCUT2D eigenvalue weighted by molar-refractivity contribution is 7.18. The van der Waals surface area contributed by atoms with Crippen LogP contribution in [0.5, 0.6) is 0 Å². The molecule has 0 saturated carbocycles. The zero-order chi connectivity index (χ0) is 21.1. The van der Waals surface area contributed by atoms with Crippen molar-refractivity contribution in [2.24, 2.45) is 0 Å². The van der Waals surface area contributed by atoms with Crippen LogP contribution in [0.4, 0.5) is 16.7 Å². The summed E-state index contributed by atoms with van der Waals surface area (Å²) in [6.07, 6.45) is 0. The number of aromatic nitrogens is 2.